The van der Waals surface area contributed by atoms with Gasteiger partial charge in [-0.2, -0.15) is 0 Å². The van der Waals surface area contributed by atoms with Crippen molar-refractivity contribution in [1.29, 1.82) is 0 Å². The molecule has 1 aromatic heterocycles. The Labute approximate surface area is 105 Å². The van der Waals surface area contributed by atoms with E-state index in [1.807, 2.05) is 18.7 Å². The second-order valence-electron chi connectivity index (χ2n) is 6.28. The van der Waals surface area contributed by atoms with E-state index >= 15 is 0 Å². The molecule has 0 saturated heterocycles. The maximum atomic E-state index is 4.08. The van der Waals surface area contributed by atoms with Crippen LogP contribution >= 0.6 is 0 Å². The number of aromatic nitrogens is 2. The Morgan fingerprint density at radius 1 is 1.53 bits per heavy atom. The molecule has 0 amide bonds. The van der Waals surface area contributed by atoms with Crippen molar-refractivity contribution < 1.29 is 0 Å². The monoisotopic (exact) mass is 235 g/mol. The Bertz CT molecular complexity index is 329. The first-order valence-electron chi connectivity index (χ1n) is 6.77. The summed E-state index contributed by atoms with van der Waals surface area (Å²) in [6, 6.07) is 1.21. The van der Waals surface area contributed by atoms with Gasteiger partial charge in [-0.15, -0.1) is 0 Å². The third kappa shape index (κ3) is 3.84. The molecule has 1 fully saturated rings. The normalized spacial score (nSPS) is 25.7. The van der Waals surface area contributed by atoms with Gasteiger partial charge in [-0.3, -0.25) is 0 Å². The van der Waals surface area contributed by atoms with Gasteiger partial charge in [0.2, 0.25) is 0 Å². The van der Waals surface area contributed by atoms with E-state index in [-0.39, 0.29) is 0 Å². The van der Waals surface area contributed by atoms with Crippen LogP contribution in [0.1, 0.15) is 46.5 Å². The third-order valence-corrected chi connectivity index (χ3v) is 3.77. The summed E-state index contributed by atoms with van der Waals surface area (Å²) in [4.78, 5) is 4.08. The van der Waals surface area contributed by atoms with E-state index in [4.69, 9.17) is 0 Å². The minimum Gasteiger partial charge on any atom is -0.336 e. The van der Waals surface area contributed by atoms with Gasteiger partial charge in [-0.05, 0) is 31.6 Å². The molecule has 0 bridgehead atoms. The summed E-state index contributed by atoms with van der Waals surface area (Å²) >= 11 is 0. The second-order valence-corrected chi connectivity index (χ2v) is 6.28. The summed E-state index contributed by atoms with van der Waals surface area (Å²) < 4.78 is 2.14. The van der Waals surface area contributed by atoms with Crippen molar-refractivity contribution in [1.82, 2.24) is 14.9 Å². The van der Waals surface area contributed by atoms with E-state index in [9.17, 15) is 0 Å². The van der Waals surface area contributed by atoms with Gasteiger partial charge in [0.05, 0.1) is 6.33 Å². The van der Waals surface area contributed by atoms with Crippen molar-refractivity contribution in [2.45, 2.75) is 65.1 Å². The smallest absolute Gasteiger partial charge is 0.0946 e. The zero-order chi connectivity index (χ0) is 12.3. The predicted octanol–water partition coefficient (Wildman–Crippen LogP) is 2.83. The molecule has 1 saturated carbocycles. The molecular formula is C14H25N3. The van der Waals surface area contributed by atoms with Crippen molar-refractivity contribution in [2.75, 3.05) is 0 Å². The zero-order valence-corrected chi connectivity index (χ0v) is 11.3. The Morgan fingerprint density at radius 3 is 3.00 bits per heavy atom. The lowest BCUT2D eigenvalue weighted by atomic mass is 9.75. The lowest BCUT2D eigenvalue weighted by Gasteiger charge is -2.37. The second kappa shape index (κ2) is 5.21. The summed E-state index contributed by atoms with van der Waals surface area (Å²) in [5, 5.41) is 3.76. The Morgan fingerprint density at radius 2 is 2.35 bits per heavy atom. The lowest BCUT2D eigenvalue weighted by Crippen LogP contribution is -2.43. The van der Waals surface area contributed by atoms with Crippen LogP contribution in [-0.2, 0) is 6.54 Å². The van der Waals surface area contributed by atoms with E-state index in [0.29, 0.717) is 17.5 Å². The van der Waals surface area contributed by atoms with Gasteiger partial charge in [0.1, 0.15) is 0 Å². The van der Waals surface area contributed by atoms with E-state index < -0.39 is 0 Å². The van der Waals surface area contributed by atoms with Crippen LogP contribution in [0.5, 0.6) is 0 Å². The van der Waals surface area contributed by atoms with Crippen LogP contribution < -0.4 is 5.32 Å². The third-order valence-electron chi connectivity index (χ3n) is 3.77. The molecule has 1 N–H and O–H groups in total. The highest BCUT2D eigenvalue weighted by molar-refractivity contribution is 4.85. The number of nitrogens with one attached hydrogen (secondary N) is 1. The highest BCUT2D eigenvalue weighted by Gasteiger charge is 2.28. The molecule has 3 heteroatoms. The first-order valence-corrected chi connectivity index (χ1v) is 6.77. The summed E-state index contributed by atoms with van der Waals surface area (Å²) in [6.07, 6.45) is 11.1. The van der Waals surface area contributed by atoms with Crippen molar-refractivity contribution in [3.05, 3.63) is 18.7 Å². The quantitative estimate of drug-likeness (QED) is 0.869. The minimum atomic E-state index is 0.517. The number of rotatable bonds is 4. The molecule has 1 aliphatic rings. The standard InChI is InChI=1S/C14H25N3/c1-12(10-17-8-7-15-11-17)16-13-5-4-6-14(2,3)9-13/h7-8,11-13,16H,4-6,9-10H2,1-3H3. The molecule has 96 valence electrons. The zero-order valence-electron chi connectivity index (χ0n) is 11.3. The van der Waals surface area contributed by atoms with Crippen LogP contribution in [0.25, 0.3) is 0 Å². The van der Waals surface area contributed by atoms with Gasteiger partial charge < -0.3 is 9.88 Å². The lowest BCUT2D eigenvalue weighted by molar-refractivity contribution is 0.188. The molecule has 0 aliphatic heterocycles. The molecule has 0 aromatic carbocycles. The molecule has 17 heavy (non-hydrogen) atoms. The summed E-state index contributed by atoms with van der Waals surface area (Å²) in [5.74, 6) is 0. The van der Waals surface area contributed by atoms with Gasteiger partial charge in [0.25, 0.3) is 0 Å². The first-order chi connectivity index (χ1) is 8.05. The van der Waals surface area contributed by atoms with Crippen molar-refractivity contribution in [3.63, 3.8) is 0 Å². The SMILES string of the molecule is CC(Cn1ccnc1)NC1CCCC(C)(C)C1. The molecule has 1 aliphatic carbocycles. The Kier molecular flexibility index (Phi) is 3.87. The molecule has 3 nitrogen and oxygen atoms in total. The van der Waals surface area contributed by atoms with Gasteiger partial charge in [-0.25, -0.2) is 4.98 Å². The van der Waals surface area contributed by atoms with Crippen LogP contribution in [0.4, 0.5) is 0 Å². The van der Waals surface area contributed by atoms with Crippen molar-refractivity contribution >= 4 is 0 Å². The van der Waals surface area contributed by atoms with Crippen molar-refractivity contribution in [2.24, 2.45) is 5.41 Å². The van der Waals surface area contributed by atoms with Crippen LogP contribution in [0.15, 0.2) is 18.7 Å². The topological polar surface area (TPSA) is 29.9 Å². The Hall–Kier alpha value is -0.830. The van der Waals surface area contributed by atoms with E-state index in [1.54, 1.807) is 0 Å². The van der Waals surface area contributed by atoms with E-state index in [2.05, 4.69) is 35.6 Å². The van der Waals surface area contributed by atoms with Crippen LogP contribution in [0.3, 0.4) is 0 Å². The Balaban J connectivity index is 1.80. The summed E-state index contributed by atoms with van der Waals surface area (Å²) in [6.45, 7) is 8.06. The first kappa shape index (κ1) is 12.6. The average molecular weight is 235 g/mol. The summed E-state index contributed by atoms with van der Waals surface area (Å²) in [5.41, 5.74) is 0.518. The van der Waals surface area contributed by atoms with Crippen LogP contribution in [0.2, 0.25) is 0 Å². The van der Waals surface area contributed by atoms with Crippen LogP contribution in [0, 0.1) is 5.41 Å². The van der Waals surface area contributed by atoms with Crippen molar-refractivity contribution in [3.8, 4) is 0 Å². The molecule has 0 spiro atoms. The maximum absolute atomic E-state index is 4.08. The van der Waals surface area contributed by atoms with Gasteiger partial charge in [-0.1, -0.05) is 20.3 Å². The number of imidazole rings is 1. The van der Waals surface area contributed by atoms with Gasteiger partial charge in [0, 0.05) is 31.0 Å². The fourth-order valence-electron chi connectivity index (χ4n) is 3.01. The summed E-state index contributed by atoms with van der Waals surface area (Å²) in [7, 11) is 0. The maximum Gasteiger partial charge on any atom is 0.0946 e. The molecule has 0 radical (unpaired) electrons. The van der Waals surface area contributed by atoms with E-state index in [0.717, 1.165) is 6.54 Å². The number of hydrogen-bond acceptors (Lipinski definition) is 2. The van der Waals surface area contributed by atoms with E-state index in [1.165, 1.54) is 25.7 Å². The highest BCUT2D eigenvalue weighted by atomic mass is 15.1. The fourth-order valence-corrected chi connectivity index (χ4v) is 3.01. The fraction of sp³-hybridized carbons (Fsp3) is 0.786. The number of nitrogens with zero attached hydrogens (tertiary/aromatic N) is 2. The van der Waals surface area contributed by atoms with Gasteiger partial charge >= 0.3 is 0 Å². The average Bonchev–Trinajstić information content (AvgIpc) is 2.68. The van der Waals surface area contributed by atoms with Gasteiger partial charge in [0.15, 0.2) is 0 Å². The molecule has 2 atom stereocenters. The molecule has 2 unspecified atom stereocenters. The molecular weight excluding hydrogens is 210 g/mol. The highest BCUT2D eigenvalue weighted by Crippen LogP contribution is 2.35. The minimum absolute atomic E-state index is 0.517. The molecule has 1 aromatic rings. The largest absolute Gasteiger partial charge is 0.336 e. The molecule has 1 heterocycles. The predicted molar refractivity (Wildman–Crippen MR) is 70.9 cm³/mol. The molecule has 2 rings (SSSR count). The van der Waals surface area contributed by atoms with Crippen LogP contribution in [-0.4, -0.2) is 21.6 Å². The number of hydrogen-bond donors (Lipinski definition) is 1.